The molecule has 0 radical (unpaired) electrons. The van der Waals surface area contributed by atoms with Gasteiger partial charge in [0.05, 0.1) is 17.1 Å². The molecule has 5 heteroatoms. The molecule has 0 fully saturated rings. The topological polar surface area (TPSA) is 28.4 Å². The molecule has 1 N–H and O–H groups in total. The highest BCUT2D eigenvalue weighted by molar-refractivity contribution is 7.16. The predicted octanol–water partition coefficient (Wildman–Crippen LogP) is 3.35. The van der Waals surface area contributed by atoms with Gasteiger partial charge in [0.1, 0.15) is 5.76 Å². The first-order valence-electron chi connectivity index (χ1n) is 5.81. The van der Waals surface area contributed by atoms with E-state index in [0.29, 0.717) is 0 Å². The molecule has 98 valence electrons. The van der Waals surface area contributed by atoms with Crippen LogP contribution in [0.4, 0.5) is 0 Å². The third-order valence-electron chi connectivity index (χ3n) is 2.57. The number of nitrogens with zero attached hydrogens (tertiary/aromatic N) is 1. The Morgan fingerprint density at radius 2 is 2.22 bits per heavy atom. The van der Waals surface area contributed by atoms with Crippen LogP contribution >= 0.6 is 22.9 Å². The smallest absolute Gasteiger partial charge is 0.118 e. The average Bonchev–Trinajstić information content (AvgIpc) is 2.89. The van der Waals surface area contributed by atoms with Gasteiger partial charge in [-0.15, -0.1) is 11.3 Å². The summed E-state index contributed by atoms with van der Waals surface area (Å²) in [5.41, 5.74) is 1.18. The van der Waals surface area contributed by atoms with Crippen LogP contribution in [0.25, 0.3) is 0 Å². The highest BCUT2D eigenvalue weighted by Gasteiger charge is 2.07. The van der Waals surface area contributed by atoms with Crippen molar-refractivity contribution >= 4 is 22.9 Å². The van der Waals surface area contributed by atoms with Gasteiger partial charge in [-0.05, 0) is 32.3 Å². The fourth-order valence-electron chi connectivity index (χ4n) is 1.83. The standard InChI is InChI=1S/C13H17ClN2OS/c1-15-6-10-5-11(17-9-10)7-16(2)8-12-3-4-13(14)18-12/h3-5,9,15H,6-8H2,1-2H3. The second-order valence-corrected chi connectivity index (χ2v) is 6.13. The molecule has 0 aromatic carbocycles. The van der Waals surface area contributed by atoms with Gasteiger partial charge in [0.25, 0.3) is 0 Å². The Morgan fingerprint density at radius 3 is 2.89 bits per heavy atom. The van der Waals surface area contributed by atoms with Crippen LogP contribution in [-0.4, -0.2) is 19.0 Å². The summed E-state index contributed by atoms with van der Waals surface area (Å²) in [6.07, 6.45) is 1.81. The third kappa shape index (κ3) is 3.85. The molecule has 0 unspecified atom stereocenters. The summed E-state index contributed by atoms with van der Waals surface area (Å²) < 4.78 is 6.37. The second-order valence-electron chi connectivity index (χ2n) is 4.33. The second kappa shape index (κ2) is 6.38. The molecule has 0 bridgehead atoms. The Bertz CT molecular complexity index is 495. The number of rotatable bonds is 6. The normalized spacial score (nSPS) is 11.3. The molecule has 2 aromatic rings. The van der Waals surface area contributed by atoms with E-state index < -0.39 is 0 Å². The number of hydrogen-bond donors (Lipinski definition) is 1. The van der Waals surface area contributed by atoms with Gasteiger partial charge in [-0.2, -0.15) is 0 Å². The average molecular weight is 285 g/mol. The minimum absolute atomic E-state index is 0.805. The zero-order valence-corrected chi connectivity index (χ0v) is 12.1. The maximum absolute atomic E-state index is 5.92. The quantitative estimate of drug-likeness (QED) is 0.882. The Hall–Kier alpha value is -0.810. The van der Waals surface area contributed by atoms with E-state index in [-0.39, 0.29) is 0 Å². The SMILES string of the molecule is CNCc1coc(CN(C)Cc2ccc(Cl)s2)c1. The number of hydrogen-bond acceptors (Lipinski definition) is 4. The van der Waals surface area contributed by atoms with Gasteiger partial charge in [-0.1, -0.05) is 11.6 Å². The number of halogens is 1. The van der Waals surface area contributed by atoms with Crippen molar-refractivity contribution in [2.45, 2.75) is 19.6 Å². The van der Waals surface area contributed by atoms with Crippen LogP contribution in [0.2, 0.25) is 4.34 Å². The van der Waals surface area contributed by atoms with E-state index in [9.17, 15) is 0 Å². The highest BCUT2D eigenvalue weighted by atomic mass is 35.5. The van der Waals surface area contributed by atoms with E-state index in [1.165, 1.54) is 10.4 Å². The summed E-state index contributed by atoms with van der Waals surface area (Å²) >= 11 is 7.54. The van der Waals surface area contributed by atoms with Crippen LogP contribution in [0, 0.1) is 0 Å². The van der Waals surface area contributed by atoms with E-state index in [1.54, 1.807) is 11.3 Å². The van der Waals surface area contributed by atoms with Crippen LogP contribution < -0.4 is 5.32 Å². The van der Waals surface area contributed by atoms with E-state index >= 15 is 0 Å². The van der Waals surface area contributed by atoms with Gasteiger partial charge < -0.3 is 9.73 Å². The zero-order valence-electron chi connectivity index (χ0n) is 10.6. The minimum Gasteiger partial charge on any atom is -0.468 e. The van der Waals surface area contributed by atoms with Gasteiger partial charge >= 0.3 is 0 Å². The fourth-order valence-corrected chi connectivity index (χ4v) is 3.00. The number of thiophene rings is 1. The van der Waals surface area contributed by atoms with E-state index in [2.05, 4.69) is 29.4 Å². The minimum atomic E-state index is 0.805. The fraction of sp³-hybridized carbons (Fsp3) is 0.385. The van der Waals surface area contributed by atoms with Crippen LogP contribution in [0.15, 0.2) is 28.9 Å². The van der Waals surface area contributed by atoms with Crippen molar-refractivity contribution in [1.29, 1.82) is 0 Å². The monoisotopic (exact) mass is 284 g/mol. The Morgan fingerprint density at radius 1 is 1.39 bits per heavy atom. The van der Waals surface area contributed by atoms with Gasteiger partial charge in [0, 0.05) is 23.5 Å². The third-order valence-corrected chi connectivity index (χ3v) is 3.79. The molecule has 18 heavy (non-hydrogen) atoms. The summed E-state index contributed by atoms with van der Waals surface area (Å²) in [5, 5.41) is 3.11. The summed E-state index contributed by atoms with van der Waals surface area (Å²) in [7, 11) is 4.01. The van der Waals surface area contributed by atoms with Crippen LogP contribution in [-0.2, 0) is 19.6 Å². The Labute approximate surface area is 116 Å². The molecule has 0 aliphatic carbocycles. The van der Waals surface area contributed by atoms with Crippen LogP contribution in [0.1, 0.15) is 16.2 Å². The lowest BCUT2D eigenvalue weighted by molar-refractivity contribution is 0.290. The summed E-state index contributed by atoms with van der Waals surface area (Å²) in [5.74, 6) is 0.991. The van der Waals surface area contributed by atoms with Crippen molar-refractivity contribution in [2.24, 2.45) is 0 Å². The molecule has 2 heterocycles. The number of nitrogens with one attached hydrogen (secondary N) is 1. The van der Waals surface area contributed by atoms with E-state index in [4.69, 9.17) is 16.0 Å². The molecule has 2 aromatic heterocycles. The molecular weight excluding hydrogens is 268 g/mol. The molecule has 0 saturated carbocycles. The van der Waals surface area contributed by atoms with Crippen molar-refractivity contribution in [2.75, 3.05) is 14.1 Å². The molecule has 0 aliphatic heterocycles. The molecule has 0 aliphatic rings. The maximum Gasteiger partial charge on any atom is 0.118 e. The van der Waals surface area contributed by atoms with Crippen molar-refractivity contribution < 1.29 is 4.42 Å². The first kappa shape index (κ1) is 13.6. The molecule has 2 rings (SSSR count). The molecule has 0 amide bonds. The molecular formula is C13H17ClN2OS. The highest BCUT2D eigenvalue weighted by Crippen LogP contribution is 2.23. The van der Waals surface area contributed by atoms with E-state index in [0.717, 1.165) is 29.7 Å². The molecule has 0 spiro atoms. The van der Waals surface area contributed by atoms with Crippen molar-refractivity contribution in [3.05, 3.63) is 45.0 Å². The summed E-state index contributed by atoms with van der Waals surface area (Å²) in [6, 6.07) is 6.10. The molecule has 0 atom stereocenters. The first-order chi connectivity index (χ1) is 8.67. The van der Waals surface area contributed by atoms with Gasteiger partial charge in [-0.25, -0.2) is 0 Å². The lowest BCUT2D eigenvalue weighted by Crippen LogP contribution is -2.16. The zero-order chi connectivity index (χ0) is 13.0. The summed E-state index contributed by atoms with van der Waals surface area (Å²) in [6.45, 7) is 2.53. The van der Waals surface area contributed by atoms with Gasteiger partial charge in [-0.3, -0.25) is 4.90 Å². The lowest BCUT2D eigenvalue weighted by Gasteiger charge is -2.13. The first-order valence-corrected chi connectivity index (χ1v) is 7.00. The Kier molecular flexibility index (Phi) is 4.83. The van der Waals surface area contributed by atoms with Crippen molar-refractivity contribution in [1.82, 2.24) is 10.2 Å². The largest absolute Gasteiger partial charge is 0.468 e. The Balaban J connectivity index is 1.88. The predicted molar refractivity (Wildman–Crippen MR) is 76.0 cm³/mol. The van der Waals surface area contributed by atoms with Gasteiger partial charge in [0.2, 0.25) is 0 Å². The van der Waals surface area contributed by atoms with Crippen LogP contribution in [0.5, 0.6) is 0 Å². The van der Waals surface area contributed by atoms with Crippen LogP contribution in [0.3, 0.4) is 0 Å². The maximum atomic E-state index is 5.92. The van der Waals surface area contributed by atoms with E-state index in [1.807, 2.05) is 19.4 Å². The molecule has 0 saturated heterocycles. The number of furan rings is 1. The van der Waals surface area contributed by atoms with Gasteiger partial charge in [0.15, 0.2) is 0 Å². The van der Waals surface area contributed by atoms with Crippen molar-refractivity contribution in [3.8, 4) is 0 Å². The molecule has 3 nitrogen and oxygen atoms in total. The lowest BCUT2D eigenvalue weighted by atomic mass is 10.3. The van der Waals surface area contributed by atoms with Crippen molar-refractivity contribution in [3.63, 3.8) is 0 Å². The summed E-state index contributed by atoms with van der Waals surface area (Å²) in [4.78, 5) is 3.48.